The molecule has 0 atom stereocenters. The lowest BCUT2D eigenvalue weighted by molar-refractivity contribution is 0.0969. The van der Waals surface area contributed by atoms with Crippen LogP contribution in [0.2, 0.25) is 0 Å². The number of hydrogen-bond acceptors (Lipinski definition) is 8. The maximum absolute atomic E-state index is 13.7. The van der Waals surface area contributed by atoms with Crippen molar-refractivity contribution < 1.29 is 14.0 Å². The van der Waals surface area contributed by atoms with Crippen LogP contribution in [0.1, 0.15) is 32.2 Å². The van der Waals surface area contributed by atoms with Gasteiger partial charge in [0, 0.05) is 19.1 Å². The molecule has 8 rings (SSSR count). The monoisotopic (exact) mass is 784 g/mol. The smallest absolute Gasteiger partial charge is 0.265 e. The molecular weight excluding hydrogens is 755 g/mol. The summed E-state index contributed by atoms with van der Waals surface area (Å²) in [5, 5.41) is 19.4. The molecule has 0 spiro atoms. The highest BCUT2D eigenvalue weighted by molar-refractivity contribution is 7.18. The first-order valence-corrected chi connectivity index (χ1v) is 19.8. The molecule has 0 aliphatic heterocycles. The number of halogens is 2. The van der Waals surface area contributed by atoms with Gasteiger partial charge >= 0.3 is 0 Å². The van der Waals surface area contributed by atoms with E-state index in [0.29, 0.717) is 20.5 Å². The third-order valence-electron chi connectivity index (χ3n) is 7.95. The molecule has 0 bridgehead atoms. The highest BCUT2D eigenvalue weighted by Gasteiger charge is 2.18. The van der Waals surface area contributed by atoms with Crippen molar-refractivity contribution in [2.24, 2.45) is 14.1 Å². The number of rotatable bonds is 8. The van der Waals surface area contributed by atoms with Crippen LogP contribution in [-0.4, -0.2) is 31.4 Å². The van der Waals surface area contributed by atoms with Crippen LogP contribution in [0.5, 0.6) is 0 Å². The highest BCUT2D eigenvalue weighted by Crippen LogP contribution is 2.34. The van der Waals surface area contributed by atoms with Gasteiger partial charge in [0.2, 0.25) is 0 Å². The number of para-hydroxylation sites is 1. The highest BCUT2D eigenvalue weighted by atomic mass is 35.5. The van der Waals surface area contributed by atoms with E-state index in [-0.39, 0.29) is 17.5 Å². The van der Waals surface area contributed by atoms with Crippen molar-refractivity contribution in [3.05, 3.63) is 134 Å². The number of aromatic nitrogens is 4. The number of hydrogen-bond donors (Lipinski definition) is 2. The van der Waals surface area contributed by atoms with Gasteiger partial charge in [0.1, 0.15) is 17.2 Å². The Hall–Kier alpha value is -4.92. The van der Waals surface area contributed by atoms with Gasteiger partial charge < -0.3 is 10.6 Å². The molecule has 7 aromatic rings. The molecule has 8 nitrogen and oxygen atoms in total. The molecule has 6 aromatic heterocycles. The Balaban J connectivity index is 0.000000162. The van der Waals surface area contributed by atoms with Crippen LogP contribution in [-0.2, 0) is 14.1 Å². The second-order valence-corrected chi connectivity index (χ2v) is 16.0. The molecule has 52 heavy (non-hydrogen) atoms. The van der Waals surface area contributed by atoms with Crippen molar-refractivity contribution in [3.8, 4) is 42.3 Å². The minimum Gasteiger partial charge on any atom is -0.320 e. The molecule has 0 fully saturated rings. The van der Waals surface area contributed by atoms with Crippen LogP contribution in [0.15, 0.2) is 119 Å². The minimum atomic E-state index is -0.454. The summed E-state index contributed by atoms with van der Waals surface area (Å²) in [5.41, 5.74) is 4.64. The lowest BCUT2D eigenvalue weighted by Gasteiger charge is -2.11. The van der Waals surface area contributed by atoms with E-state index in [1.165, 1.54) is 34.8 Å². The number of amides is 2. The molecule has 2 amide bonds. The zero-order valence-corrected chi connectivity index (χ0v) is 31.8. The second-order valence-electron chi connectivity index (χ2n) is 11.5. The van der Waals surface area contributed by atoms with Crippen LogP contribution in [0.25, 0.3) is 42.3 Å². The molecule has 0 saturated carbocycles. The maximum Gasteiger partial charge on any atom is 0.265 e. The van der Waals surface area contributed by atoms with Crippen molar-refractivity contribution in [1.29, 1.82) is 0 Å². The molecule has 14 heteroatoms. The van der Waals surface area contributed by atoms with Gasteiger partial charge in [0.15, 0.2) is 0 Å². The zero-order chi connectivity index (χ0) is 36.2. The summed E-state index contributed by atoms with van der Waals surface area (Å²) in [6.45, 7) is 0. The second kappa shape index (κ2) is 15.8. The number of carbonyl (C=O) groups is 2. The van der Waals surface area contributed by atoms with Crippen LogP contribution in [0.4, 0.5) is 10.1 Å². The van der Waals surface area contributed by atoms with E-state index >= 15 is 0 Å². The van der Waals surface area contributed by atoms with E-state index in [0.717, 1.165) is 55.1 Å². The van der Waals surface area contributed by atoms with E-state index in [9.17, 15) is 14.0 Å². The van der Waals surface area contributed by atoms with Gasteiger partial charge in [0.25, 0.3) is 11.8 Å². The minimum absolute atomic E-state index is 0.137. The number of anilines is 1. The third-order valence-corrected chi connectivity index (χ3v) is 12.3. The topological polar surface area (TPSA) is 93.8 Å². The summed E-state index contributed by atoms with van der Waals surface area (Å²) in [6, 6.07) is 25.7. The molecule has 0 saturated heterocycles. The van der Waals surface area contributed by atoms with Gasteiger partial charge in [-0.25, -0.2) is 4.39 Å². The maximum atomic E-state index is 13.7. The largest absolute Gasteiger partial charge is 0.320 e. The van der Waals surface area contributed by atoms with Crippen molar-refractivity contribution in [2.75, 3.05) is 5.32 Å². The molecule has 262 valence electrons. The van der Waals surface area contributed by atoms with Crippen LogP contribution < -0.4 is 10.6 Å². The van der Waals surface area contributed by atoms with Crippen LogP contribution in [0, 0.1) is 5.82 Å². The molecular formula is C38H30ClFN6O2S4. The number of allylic oxidation sites excluding steroid dienone is 3. The lowest BCUT2D eigenvalue weighted by Crippen LogP contribution is -2.22. The molecule has 0 radical (unpaired) electrons. The summed E-state index contributed by atoms with van der Waals surface area (Å²) in [4.78, 5) is 30.3. The van der Waals surface area contributed by atoms with E-state index in [1.54, 1.807) is 45.6 Å². The normalized spacial score (nSPS) is 12.5. The number of carbonyl (C=O) groups excluding carboxylic acids is 2. The first kappa shape index (κ1) is 35.5. The summed E-state index contributed by atoms with van der Waals surface area (Å²) < 4.78 is 17.4. The Bertz CT molecular complexity index is 2420. The fourth-order valence-corrected chi connectivity index (χ4v) is 8.84. The molecule has 1 aliphatic rings. The molecule has 1 aliphatic carbocycles. The van der Waals surface area contributed by atoms with Crippen molar-refractivity contribution in [1.82, 2.24) is 24.9 Å². The van der Waals surface area contributed by atoms with Gasteiger partial charge in [-0.15, -0.1) is 45.3 Å². The van der Waals surface area contributed by atoms with Crippen LogP contribution in [0.3, 0.4) is 0 Å². The lowest BCUT2D eigenvalue weighted by atomic mass is 10.1. The van der Waals surface area contributed by atoms with E-state index < -0.39 is 5.82 Å². The van der Waals surface area contributed by atoms with Gasteiger partial charge in [-0.05, 0) is 90.3 Å². The SMILES string of the molecule is Cn1nc(-c2cccs2)cc1-c1ccc(C(=O)NC2=C(Cl)CCC=C2)s1.Cn1nc(-c2cccs2)cc1-c1ccc(C(=O)Nc2ccccc2F)s1. The van der Waals surface area contributed by atoms with Gasteiger partial charge in [-0.2, -0.15) is 10.2 Å². The number of benzene rings is 1. The first-order chi connectivity index (χ1) is 25.2. The Kier molecular flexibility index (Phi) is 10.8. The first-order valence-electron chi connectivity index (χ1n) is 16.0. The van der Waals surface area contributed by atoms with Gasteiger partial charge in [-0.3, -0.25) is 19.0 Å². The Morgan fingerprint density at radius 2 is 1.29 bits per heavy atom. The molecule has 6 heterocycles. The fourth-order valence-electron chi connectivity index (χ4n) is 5.36. The van der Waals surface area contributed by atoms with E-state index in [2.05, 4.69) is 33.0 Å². The Morgan fingerprint density at radius 3 is 1.81 bits per heavy atom. The predicted molar refractivity (Wildman–Crippen MR) is 213 cm³/mol. The van der Waals surface area contributed by atoms with E-state index in [4.69, 9.17) is 11.6 Å². The molecule has 0 unspecified atom stereocenters. The number of nitrogens with zero attached hydrogens (tertiary/aromatic N) is 4. The standard InChI is InChI=1S/C19H16ClN3OS2.C19H14FN3OS2/c2*1-23-15(11-14(22-23)16-7-4-10-25-16)17-8-9-18(26-17)19(24)21-13-6-3-2-5-12(13)20/h3-4,6-11H,2,5H2,1H3,(H,21,24);2-11H,1H3,(H,21,24). The average molecular weight is 785 g/mol. The zero-order valence-electron chi connectivity index (χ0n) is 27.8. The number of thiophene rings is 4. The molecule has 1 aromatic carbocycles. The van der Waals surface area contributed by atoms with E-state index in [1.807, 2.05) is 84.2 Å². The fraction of sp³-hybridized carbons (Fsp3) is 0.105. The number of nitrogens with one attached hydrogen (secondary N) is 2. The van der Waals surface area contributed by atoms with Gasteiger partial charge in [-0.1, -0.05) is 41.9 Å². The van der Waals surface area contributed by atoms with Crippen molar-refractivity contribution >= 4 is 74.4 Å². The summed E-state index contributed by atoms with van der Waals surface area (Å²) in [5.74, 6) is -0.918. The summed E-state index contributed by atoms with van der Waals surface area (Å²) in [6.07, 6.45) is 5.56. The van der Waals surface area contributed by atoms with Gasteiger partial charge in [0.05, 0.1) is 52.0 Å². The average Bonchev–Trinajstić information content (AvgIpc) is 3.98. The van der Waals surface area contributed by atoms with Crippen molar-refractivity contribution in [2.45, 2.75) is 12.8 Å². The Labute approximate surface area is 320 Å². The third kappa shape index (κ3) is 7.93. The summed E-state index contributed by atoms with van der Waals surface area (Å²) in [7, 11) is 3.80. The van der Waals surface area contributed by atoms with Crippen LogP contribution >= 0.6 is 56.9 Å². The van der Waals surface area contributed by atoms with Crippen molar-refractivity contribution in [3.63, 3.8) is 0 Å². The Morgan fingerprint density at radius 1 is 0.731 bits per heavy atom. The number of aryl methyl sites for hydroxylation is 2. The predicted octanol–water partition coefficient (Wildman–Crippen LogP) is 10.7. The quantitative estimate of drug-likeness (QED) is 0.160. The molecule has 2 N–H and O–H groups in total. The summed E-state index contributed by atoms with van der Waals surface area (Å²) >= 11 is 12.3.